The van der Waals surface area contributed by atoms with Crippen molar-refractivity contribution in [1.29, 1.82) is 0 Å². The first kappa shape index (κ1) is 20.7. The minimum atomic E-state index is -0.426. The van der Waals surface area contributed by atoms with Crippen LogP contribution in [0.5, 0.6) is 11.5 Å². The van der Waals surface area contributed by atoms with Gasteiger partial charge in [-0.2, -0.15) is 0 Å². The summed E-state index contributed by atoms with van der Waals surface area (Å²) in [7, 11) is 3.30. The molecule has 3 aromatic rings. The van der Waals surface area contributed by atoms with Crippen LogP contribution in [0.25, 0.3) is 0 Å². The summed E-state index contributed by atoms with van der Waals surface area (Å²) in [5, 5.41) is 3.04. The predicted molar refractivity (Wildman–Crippen MR) is 122 cm³/mol. The second-order valence-electron chi connectivity index (χ2n) is 7.54. The van der Waals surface area contributed by atoms with E-state index in [4.69, 9.17) is 14.5 Å². The van der Waals surface area contributed by atoms with Gasteiger partial charge in [-0.25, -0.2) is 0 Å². The van der Waals surface area contributed by atoms with Crippen LogP contribution in [0.4, 0.5) is 0 Å². The number of nitrogens with one attached hydrogen (secondary N) is 1. The fourth-order valence-electron chi connectivity index (χ4n) is 3.83. The Labute approximate surface area is 182 Å². The Morgan fingerprint density at radius 2 is 1.45 bits per heavy atom. The van der Waals surface area contributed by atoms with Gasteiger partial charge in [0.2, 0.25) is 5.91 Å². The number of amides is 1. The lowest BCUT2D eigenvalue weighted by molar-refractivity contribution is -0.123. The van der Waals surface area contributed by atoms with Gasteiger partial charge in [0.25, 0.3) is 0 Å². The molecule has 2 atom stereocenters. The molecule has 2 unspecified atom stereocenters. The van der Waals surface area contributed by atoms with Gasteiger partial charge in [-0.15, -0.1) is 0 Å². The van der Waals surface area contributed by atoms with Crippen molar-refractivity contribution in [1.82, 2.24) is 5.32 Å². The number of hydrogen-bond acceptors (Lipinski definition) is 4. The molecule has 1 aliphatic heterocycles. The van der Waals surface area contributed by atoms with E-state index >= 15 is 0 Å². The fourth-order valence-corrected chi connectivity index (χ4v) is 3.83. The maximum atomic E-state index is 12.9. The zero-order valence-electron chi connectivity index (χ0n) is 17.7. The van der Waals surface area contributed by atoms with Crippen LogP contribution in [0.1, 0.15) is 22.6 Å². The van der Waals surface area contributed by atoms with E-state index in [0.717, 1.165) is 33.9 Å². The van der Waals surface area contributed by atoms with Gasteiger partial charge in [0, 0.05) is 18.7 Å². The molecule has 3 aromatic carbocycles. The highest BCUT2D eigenvalue weighted by atomic mass is 16.5. The molecular formula is C26H26N2O3. The lowest BCUT2D eigenvalue weighted by Gasteiger charge is -2.34. The minimum absolute atomic E-state index is 0.0521. The van der Waals surface area contributed by atoms with E-state index in [1.807, 2.05) is 78.9 Å². The first-order valence-corrected chi connectivity index (χ1v) is 10.3. The number of aliphatic imine (C=N–C) groups is 1. The topological polar surface area (TPSA) is 59.9 Å². The molecule has 158 valence electrons. The van der Waals surface area contributed by atoms with E-state index in [2.05, 4.69) is 5.32 Å². The zero-order chi connectivity index (χ0) is 21.6. The Morgan fingerprint density at radius 3 is 2.06 bits per heavy atom. The van der Waals surface area contributed by atoms with E-state index in [-0.39, 0.29) is 11.8 Å². The van der Waals surface area contributed by atoms with E-state index in [9.17, 15) is 4.79 Å². The smallest absolute Gasteiger partial charge is 0.246 e. The molecule has 1 aliphatic rings. The quantitative estimate of drug-likeness (QED) is 0.602. The molecule has 5 heteroatoms. The molecule has 4 rings (SSSR count). The van der Waals surface area contributed by atoms with Crippen LogP contribution in [-0.4, -0.2) is 31.9 Å². The highest BCUT2D eigenvalue weighted by Gasteiger charge is 2.40. The highest BCUT2D eigenvalue weighted by Crippen LogP contribution is 2.35. The number of rotatable bonds is 8. The average molecular weight is 415 g/mol. The van der Waals surface area contributed by atoms with Gasteiger partial charge in [0.15, 0.2) is 0 Å². The van der Waals surface area contributed by atoms with Gasteiger partial charge >= 0.3 is 0 Å². The maximum absolute atomic E-state index is 12.9. The molecule has 0 aliphatic carbocycles. The molecule has 0 bridgehead atoms. The summed E-state index contributed by atoms with van der Waals surface area (Å²) in [6.45, 7) is 0.495. The molecule has 0 fully saturated rings. The fraction of sp³-hybridized carbons (Fsp3) is 0.231. The molecule has 1 heterocycles. The van der Waals surface area contributed by atoms with E-state index in [1.165, 1.54) is 0 Å². The number of methoxy groups -OCH3 is 2. The minimum Gasteiger partial charge on any atom is -0.497 e. The first-order chi connectivity index (χ1) is 15.2. The van der Waals surface area contributed by atoms with Crippen molar-refractivity contribution >= 4 is 11.6 Å². The first-order valence-electron chi connectivity index (χ1n) is 10.3. The Morgan fingerprint density at radius 1 is 0.839 bits per heavy atom. The standard InChI is InChI=1S/C26H26N2O3/c1-30-21-12-8-18(9-13-21)16-23-24(20-10-14-22(31-2)15-11-20)25(28-23)26(29)27-17-19-6-4-3-5-7-19/h3-15,24-25H,16-17H2,1-2H3,(H,27,29). The Balaban J connectivity index is 1.52. The molecule has 1 N–H and O–H groups in total. The lowest BCUT2D eigenvalue weighted by Crippen LogP contribution is -2.47. The third-order valence-electron chi connectivity index (χ3n) is 5.58. The molecule has 31 heavy (non-hydrogen) atoms. The van der Waals surface area contributed by atoms with Gasteiger partial charge in [-0.05, 0) is 41.0 Å². The van der Waals surface area contributed by atoms with Crippen LogP contribution in [0, 0.1) is 0 Å². The number of nitrogens with zero attached hydrogens (tertiary/aromatic N) is 1. The molecule has 0 radical (unpaired) electrons. The summed E-state index contributed by atoms with van der Waals surface area (Å²) in [6.07, 6.45) is 0.698. The number of hydrogen-bond donors (Lipinski definition) is 1. The predicted octanol–water partition coefficient (Wildman–Crippen LogP) is 4.17. The van der Waals surface area contributed by atoms with Crippen molar-refractivity contribution in [2.24, 2.45) is 4.99 Å². The maximum Gasteiger partial charge on any atom is 0.246 e. The van der Waals surface area contributed by atoms with Gasteiger partial charge in [0.1, 0.15) is 17.5 Å². The Hall–Kier alpha value is -3.60. The number of carbonyl (C=O) groups is 1. The van der Waals surface area contributed by atoms with Crippen molar-refractivity contribution in [2.45, 2.75) is 24.9 Å². The number of carbonyl (C=O) groups excluding carboxylic acids is 1. The van der Waals surface area contributed by atoms with Gasteiger partial charge in [-0.1, -0.05) is 54.6 Å². The summed E-state index contributed by atoms with van der Waals surface area (Å²) >= 11 is 0. The highest BCUT2D eigenvalue weighted by molar-refractivity contribution is 6.05. The monoisotopic (exact) mass is 414 g/mol. The van der Waals surface area contributed by atoms with Gasteiger partial charge < -0.3 is 14.8 Å². The average Bonchev–Trinajstić information content (AvgIpc) is 2.81. The lowest BCUT2D eigenvalue weighted by atomic mass is 9.79. The van der Waals surface area contributed by atoms with E-state index in [1.54, 1.807) is 14.2 Å². The number of benzene rings is 3. The molecule has 0 aromatic heterocycles. The number of ether oxygens (including phenoxy) is 2. The second kappa shape index (κ2) is 9.47. The molecule has 1 amide bonds. The summed E-state index contributed by atoms with van der Waals surface area (Å²) in [6, 6.07) is 25.3. The Kier molecular flexibility index (Phi) is 6.32. The summed E-state index contributed by atoms with van der Waals surface area (Å²) in [5.74, 6) is 1.51. The molecular weight excluding hydrogens is 388 g/mol. The van der Waals surface area contributed by atoms with Crippen molar-refractivity contribution in [2.75, 3.05) is 14.2 Å². The SMILES string of the molecule is COc1ccc(CC2=NC(C(=O)NCc3ccccc3)C2c2ccc(OC)cc2)cc1. The van der Waals surface area contributed by atoms with Gasteiger partial charge in [-0.3, -0.25) is 9.79 Å². The van der Waals surface area contributed by atoms with E-state index < -0.39 is 6.04 Å². The molecule has 5 nitrogen and oxygen atoms in total. The third-order valence-corrected chi connectivity index (χ3v) is 5.58. The zero-order valence-corrected chi connectivity index (χ0v) is 17.7. The molecule has 0 saturated carbocycles. The van der Waals surface area contributed by atoms with Crippen LogP contribution in [0.3, 0.4) is 0 Å². The van der Waals surface area contributed by atoms with Crippen LogP contribution in [-0.2, 0) is 17.8 Å². The van der Waals surface area contributed by atoms with Crippen LogP contribution < -0.4 is 14.8 Å². The molecule has 0 saturated heterocycles. The van der Waals surface area contributed by atoms with Gasteiger partial charge in [0.05, 0.1) is 20.1 Å². The van der Waals surface area contributed by atoms with E-state index in [0.29, 0.717) is 13.0 Å². The van der Waals surface area contributed by atoms with Crippen LogP contribution in [0.15, 0.2) is 83.9 Å². The third kappa shape index (κ3) is 4.77. The van der Waals surface area contributed by atoms with Crippen molar-refractivity contribution in [3.63, 3.8) is 0 Å². The van der Waals surface area contributed by atoms with Crippen molar-refractivity contribution < 1.29 is 14.3 Å². The van der Waals surface area contributed by atoms with Crippen molar-refractivity contribution in [3.05, 3.63) is 95.6 Å². The molecule has 0 spiro atoms. The van der Waals surface area contributed by atoms with Crippen molar-refractivity contribution in [3.8, 4) is 11.5 Å². The van der Waals surface area contributed by atoms with Crippen LogP contribution >= 0.6 is 0 Å². The second-order valence-corrected chi connectivity index (χ2v) is 7.54. The summed E-state index contributed by atoms with van der Waals surface area (Å²) in [4.78, 5) is 17.6. The van der Waals surface area contributed by atoms with Crippen LogP contribution in [0.2, 0.25) is 0 Å². The Bertz CT molecular complexity index is 1040. The summed E-state index contributed by atoms with van der Waals surface area (Å²) < 4.78 is 10.5. The largest absolute Gasteiger partial charge is 0.497 e. The summed E-state index contributed by atoms with van der Waals surface area (Å²) in [5.41, 5.74) is 4.29. The normalized spacial score (nSPS) is 17.3.